The third kappa shape index (κ3) is 3.18. The minimum Gasteiger partial charge on any atom is -0.356 e. The largest absolute Gasteiger partial charge is 0.356 e. The maximum Gasteiger partial charge on any atom is 0.293 e. The summed E-state index contributed by atoms with van der Waals surface area (Å²) in [5.74, 6) is 0.254. The van der Waals surface area contributed by atoms with E-state index in [0.29, 0.717) is 0 Å². The highest BCUT2D eigenvalue weighted by atomic mass is 16.2. The molecule has 6 heteroatoms. The zero-order valence-electron chi connectivity index (χ0n) is 12.3. The average molecular weight is 278 g/mol. The van der Waals surface area contributed by atoms with Gasteiger partial charge in [0, 0.05) is 31.0 Å². The van der Waals surface area contributed by atoms with Gasteiger partial charge in [0.1, 0.15) is 0 Å². The third-order valence-corrected chi connectivity index (χ3v) is 3.43. The monoisotopic (exact) mass is 278 g/mol. The van der Waals surface area contributed by atoms with Crippen LogP contribution in [-0.2, 0) is 10.3 Å². The molecule has 0 aromatic carbocycles. The minimum absolute atomic E-state index is 0.0230. The summed E-state index contributed by atoms with van der Waals surface area (Å²) in [5, 5.41) is 2.87. The molecule has 1 fully saturated rings. The maximum absolute atomic E-state index is 12.3. The van der Waals surface area contributed by atoms with E-state index in [2.05, 4.69) is 10.3 Å². The first-order chi connectivity index (χ1) is 9.39. The van der Waals surface area contributed by atoms with Gasteiger partial charge in [0.05, 0.1) is 6.54 Å². The summed E-state index contributed by atoms with van der Waals surface area (Å²) in [6.45, 7) is 7.61. The fourth-order valence-electron chi connectivity index (χ4n) is 2.30. The predicted molar refractivity (Wildman–Crippen MR) is 77.8 cm³/mol. The Balaban J connectivity index is 2.07. The highest BCUT2D eigenvalue weighted by Crippen LogP contribution is 2.11. The lowest BCUT2D eigenvalue weighted by atomic mass is 10.1. The lowest BCUT2D eigenvalue weighted by Gasteiger charge is -2.22. The van der Waals surface area contributed by atoms with Gasteiger partial charge in [-0.3, -0.25) is 9.59 Å². The molecule has 1 N–H and O–H groups in total. The Morgan fingerprint density at radius 2 is 2.00 bits per heavy atom. The van der Waals surface area contributed by atoms with Crippen LogP contribution in [-0.4, -0.2) is 40.0 Å². The summed E-state index contributed by atoms with van der Waals surface area (Å²) in [6, 6.07) is 0. The topological polar surface area (TPSA) is 67.2 Å². The van der Waals surface area contributed by atoms with Crippen LogP contribution in [0, 0.1) is 0 Å². The minimum atomic E-state index is -0.310. The average Bonchev–Trinajstić information content (AvgIpc) is 2.89. The number of nitrogens with zero attached hydrogens (tertiary/aromatic N) is 3. The van der Waals surface area contributed by atoms with Gasteiger partial charge in [0.25, 0.3) is 5.56 Å². The van der Waals surface area contributed by atoms with Crippen molar-refractivity contribution in [2.45, 2.75) is 39.2 Å². The summed E-state index contributed by atoms with van der Waals surface area (Å²) >= 11 is 0. The van der Waals surface area contributed by atoms with E-state index in [9.17, 15) is 9.59 Å². The molecule has 0 aliphatic carbocycles. The summed E-state index contributed by atoms with van der Waals surface area (Å²) in [5.41, 5.74) is -0.510. The number of hydrogen-bond donors (Lipinski definition) is 1. The Morgan fingerprint density at radius 1 is 1.35 bits per heavy atom. The smallest absolute Gasteiger partial charge is 0.293 e. The number of likely N-dealkylation sites (tertiary alicyclic amines) is 1. The number of aromatic nitrogens is 2. The molecule has 2 heterocycles. The Labute approximate surface area is 118 Å². The molecule has 1 aliphatic rings. The SMILES string of the molecule is CC(C)(C)n1ccnc(NCC(=O)N2CCCC2)c1=O. The Morgan fingerprint density at radius 3 is 2.60 bits per heavy atom. The van der Waals surface area contributed by atoms with E-state index in [-0.39, 0.29) is 29.4 Å². The normalized spacial score (nSPS) is 15.4. The second kappa shape index (κ2) is 5.64. The predicted octanol–water partition coefficient (Wildman–Crippen LogP) is 1.03. The Kier molecular flexibility index (Phi) is 4.11. The van der Waals surface area contributed by atoms with Crippen molar-refractivity contribution in [1.29, 1.82) is 0 Å². The molecule has 0 bridgehead atoms. The van der Waals surface area contributed by atoms with Crippen molar-refractivity contribution in [3.8, 4) is 0 Å². The number of carbonyl (C=O) groups excluding carboxylic acids is 1. The molecule has 1 aliphatic heterocycles. The molecule has 0 atom stereocenters. The lowest BCUT2D eigenvalue weighted by Crippen LogP contribution is -2.37. The van der Waals surface area contributed by atoms with E-state index in [0.717, 1.165) is 25.9 Å². The van der Waals surface area contributed by atoms with Crippen LogP contribution < -0.4 is 10.9 Å². The molecule has 1 amide bonds. The van der Waals surface area contributed by atoms with E-state index in [1.165, 1.54) is 0 Å². The van der Waals surface area contributed by atoms with Gasteiger partial charge in [-0.1, -0.05) is 0 Å². The number of hydrogen-bond acceptors (Lipinski definition) is 4. The van der Waals surface area contributed by atoms with E-state index in [4.69, 9.17) is 0 Å². The maximum atomic E-state index is 12.3. The molecule has 6 nitrogen and oxygen atoms in total. The fraction of sp³-hybridized carbons (Fsp3) is 0.643. The van der Waals surface area contributed by atoms with E-state index < -0.39 is 0 Å². The number of nitrogens with one attached hydrogen (secondary N) is 1. The zero-order chi connectivity index (χ0) is 14.8. The quantitative estimate of drug-likeness (QED) is 0.897. The van der Waals surface area contributed by atoms with Crippen LogP contribution >= 0.6 is 0 Å². The molecule has 0 radical (unpaired) electrons. The Bertz CT molecular complexity index is 539. The van der Waals surface area contributed by atoms with Crippen LogP contribution in [0.25, 0.3) is 0 Å². The molecule has 110 valence electrons. The highest BCUT2D eigenvalue weighted by Gasteiger charge is 2.19. The second-order valence-corrected chi connectivity index (χ2v) is 6.06. The highest BCUT2D eigenvalue weighted by molar-refractivity contribution is 5.80. The first-order valence-corrected chi connectivity index (χ1v) is 6.99. The van der Waals surface area contributed by atoms with Gasteiger partial charge in [-0.05, 0) is 33.6 Å². The van der Waals surface area contributed by atoms with Gasteiger partial charge in [0.15, 0.2) is 5.82 Å². The van der Waals surface area contributed by atoms with Crippen molar-refractivity contribution in [3.05, 3.63) is 22.7 Å². The van der Waals surface area contributed by atoms with Gasteiger partial charge in [-0.2, -0.15) is 0 Å². The summed E-state index contributed by atoms with van der Waals surface area (Å²) in [4.78, 5) is 30.1. The van der Waals surface area contributed by atoms with Crippen molar-refractivity contribution in [2.75, 3.05) is 25.0 Å². The zero-order valence-corrected chi connectivity index (χ0v) is 12.3. The van der Waals surface area contributed by atoms with Gasteiger partial charge in [-0.25, -0.2) is 4.98 Å². The van der Waals surface area contributed by atoms with Crippen molar-refractivity contribution < 1.29 is 4.79 Å². The number of anilines is 1. The van der Waals surface area contributed by atoms with Crippen molar-refractivity contribution in [3.63, 3.8) is 0 Å². The van der Waals surface area contributed by atoms with E-state index in [1.54, 1.807) is 17.0 Å². The number of carbonyl (C=O) groups is 1. The first kappa shape index (κ1) is 14.6. The molecule has 20 heavy (non-hydrogen) atoms. The van der Waals surface area contributed by atoms with Crippen molar-refractivity contribution >= 4 is 11.7 Å². The second-order valence-electron chi connectivity index (χ2n) is 6.06. The summed E-state index contributed by atoms with van der Waals surface area (Å²) in [7, 11) is 0. The molecule has 1 saturated heterocycles. The van der Waals surface area contributed by atoms with Gasteiger partial charge in [0.2, 0.25) is 5.91 Å². The van der Waals surface area contributed by atoms with Crippen molar-refractivity contribution in [1.82, 2.24) is 14.5 Å². The molecule has 0 saturated carbocycles. The van der Waals surface area contributed by atoms with Gasteiger partial charge < -0.3 is 14.8 Å². The number of amides is 1. The third-order valence-electron chi connectivity index (χ3n) is 3.43. The summed E-state index contributed by atoms with van der Waals surface area (Å²) < 4.78 is 1.61. The van der Waals surface area contributed by atoms with Gasteiger partial charge in [-0.15, -0.1) is 0 Å². The van der Waals surface area contributed by atoms with Gasteiger partial charge >= 0.3 is 0 Å². The molecule has 0 spiro atoms. The lowest BCUT2D eigenvalue weighted by molar-refractivity contribution is -0.128. The van der Waals surface area contributed by atoms with Crippen LogP contribution in [0.15, 0.2) is 17.2 Å². The fourth-order valence-corrected chi connectivity index (χ4v) is 2.30. The standard InChI is InChI=1S/C14H22N4O2/c1-14(2,3)18-9-6-15-12(13(18)20)16-10-11(19)17-7-4-5-8-17/h6,9H,4-5,7-8,10H2,1-3H3,(H,15,16). The van der Waals surface area contributed by atoms with Crippen LogP contribution in [0.2, 0.25) is 0 Å². The van der Waals surface area contributed by atoms with Crippen molar-refractivity contribution in [2.24, 2.45) is 0 Å². The molecule has 1 aromatic heterocycles. The molecule has 1 aromatic rings. The molecular weight excluding hydrogens is 256 g/mol. The van der Waals surface area contributed by atoms with E-state index in [1.807, 2.05) is 25.7 Å². The van der Waals surface area contributed by atoms with Crippen LogP contribution in [0.1, 0.15) is 33.6 Å². The van der Waals surface area contributed by atoms with Crippen LogP contribution in [0.4, 0.5) is 5.82 Å². The van der Waals surface area contributed by atoms with E-state index >= 15 is 0 Å². The summed E-state index contributed by atoms with van der Waals surface area (Å²) in [6.07, 6.45) is 5.36. The number of rotatable bonds is 3. The molecular formula is C14H22N4O2. The van der Waals surface area contributed by atoms with Crippen LogP contribution in [0.5, 0.6) is 0 Å². The Hall–Kier alpha value is -1.85. The molecule has 2 rings (SSSR count). The van der Waals surface area contributed by atoms with Crippen LogP contribution in [0.3, 0.4) is 0 Å². The molecule has 0 unspecified atom stereocenters. The first-order valence-electron chi connectivity index (χ1n) is 6.99.